The van der Waals surface area contributed by atoms with Crippen molar-refractivity contribution in [3.8, 4) is 5.75 Å². The molecule has 0 saturated carbocycles. The van der Waals surface area contributed by atoms with Gasteiger partial charge in [-0.1, -0.05) is 17.3 Å². The number of nitrogens with zero attached hydrogens (tertiary/aromatic N) is 2. The molecule has 6 nitrogen and oxygen atoms in total. The van der Waals surface area contributed by atoms with Gasteiger partial charge in [0.15, 0.2) is 12.6 Å². The van der Waals surface area contributed by atoms with Crippen molar-refractivity contribution < 1.29 is 22.4 Å². The third-order valence-electron chi connectivity index (χ3n) is 3.86. The number of ether oxygens (including phenoxy) is 1. The van der Waals surface area contributed by atoms with E-state index in [2.05, 4.69) is 25.5 Å². The molecule has 0 amide bonds. The molecule has 2 rings (SSSR count). The molecule has 27 heavy (non-hydrogen) atoms. The molecule has 0 fully saturated rings. The van der Waals surface area contributed by atoms with E-state index >= 15 is 0 Å². The van der Waals surface area contributed by atoms with Crippen LogP contribution in [0.4, 0.5) is 13.2 Å². The Balaban J connectivity index is 1.77. The van der Waals surface area contributed by atoms with Crippen molar-refractivity contribution in [1.29, 1.82) is 0 Å². The van der Waals surface area contributed by atoms with Crippen LogP contribution >= 0.6 is 0 Å². The Morgan fingerprint density at radius 2 is 1.89 bits per heavy atom. The van der Waals surface area contributed by atoms with Gasteiger partial charge in [-0.25, -0.2) is 0 Å². The predicted octanol–water partition coefficient (Wildman–Crippen LogP) is 3.14. The molecular weight excluding hydrogens is 361 g/mol. The zero-order chi connectivity index (χ0) is 19.9. The Kier molecular flexibility index (Phi) is 7.09. The van der Waals surface area contributed by atoms with E-state index in [1.54, 1.807) is 19.2 Å². The van der Waals surface area contributed by atoms with Crippen molar-refractivity contribution in [2.45, 2.75) is 33.0 Å². The van der Waals surface area contributed by atoms with Crippen molar-refractivity contribution in [3.63, 3.8) is 0 Å². The van der Waals surface area contributed by atoms with Gasteiger partial charge >= 0.3 is 6.18 Å². The molecule has 0 aliphatic heterocycles. The highest BCUT2D eigenvalue weighted by Crippen LogP contribution is 2.18. The van der Waals surface area contributed by atoms with Crippen LogP contribution < -0.4 is 15.4 Å². The number of aryl methyl sites for hydroxylation is 2. The Morgan fingerprint density at radius 1 is 1.19 bits per heavy atom. The fourth-order valence-electron chi connectivity index (χ4n) is 2.44. The quantitative estimate of drug-likeness (QED) is 0.567. The first-order valence-corrected chi connectivity index (χ1v) is 8.43. The molecule has 0 radical (unpaired) electrons. The first-order chi connectivity index (χ1) is 12.8. The number of aliphatic imine (C=N–C) groups is 1. The number of hydrogen-bond donors (Lipinski definition) is 2. The number of aromatic nitrogens is 1. The number of rotatable bonds is 7. The van der Waals surface area contributed by atoms with Crippen LogP contribution in [0.15, 0.2) is 33.8 Å². The van der Waals surface area contributed by atoms with Crippen LogP contribution in [-0.4, -0.2) is 37.5 Å². The second-order valence-corrected chi connectivity index (χ2v) is 5.95. The number of halogens is 3. The highest BCUT2D eigenvalue weighted by atomic mass is 19.4. The topological polar surface area (TPSA) is 71.7 Å². The fourth-order valence-corrected chi connectivity index (χ4v) is 2.44. The molecule has 0 atom stereocenters. The second-order valence-electron chi connectivity index (χ2n) is 5.95. The van der Waals surface area contributed by atoms with Gasteiger partial charge in [-0.15, -0.1) is 0 Å². The van der Waals surface area contributed by atoms with Gasteiger partial charge in [-0.3, -0.25) is 4.99 Å². The minimum atomic E-state index is -4.35. The largest absolute Gasteiger partial charge is 0.484 e. The van der Waals surface area contributed by atoms with E-state index in [-0.39, 0.29) is 5.75 Å². The lowest BCUT2D eigenvalue weighted by Gasteiger charge is -2.13. The fraction of sp³-hybridized carbons (Fsp3) is 0.444. The predicted molar refractivity (Wildman–Crippen MR) is 95.9 cm³/mol. The summed E-state index contributed by atoms with van der Waals surface area (Å²) in [7, 11) is 1.67. The van der Waals surface area contributed by atoms with Gasteiger partial charge in [0.05, 0.1) is 5.69 Å². The standard InChI is InChI=1S/C18H23F3N4O2/c1-12-16(13(2)27-25-12)8-9-23-17(22-3)24-10-14-4-6-15(7-5-14)26-11-18(19,20)21/h4-7H,8-11H2,1-3H3,(H2,22,23,24). The summed E-state index contributed by atoms with van der Waals surface area (Å²) in [6.07, 6.45) is -3.59. The van der Waals surface area contributed by atoms with Crippen LogP contribution in [0, 0.1) is 13.8 Å². The van der Waals surface area contributed by atoms with Gasteiger partial charge in [0.2, 0.25) is 0 Å². The van der Waals surface area contributed by atoms with Gasteiger partial charge in [0, 0.05) is 25.7 Å². The smallest absolute Gasteiger partial charge is 0.422 e. The van der Waals surface area contributed by atoms with Crippen molar-refractivity contribution in [2.24, 2.45) is 4.99 Å². The normalized spacial score (nSPS) is 12.1. The van der Waals surface area contributed by atoms with E-state index < -0.39 is 12.8 Å². The van der Waals surface area contributed by atoms with Crippen LogP contribution in [0.25, 0.3) is 0 Å². The molecule has 0 unspecified atom stereocenters. The molecule has 2 N–H and O–H groups in total. The summed E-state index contributed by atoms with van der Waals surface area (Å²) in [5, 5.41) is 10.3. The molecule has 0 aliphatic carbocycles. The molecular formula is C18H23F3N4O2. The van der Waals surface area contributed by atoms with Gasteiger partial charge in [0.1, 0.15) is 11.5 Å². The summed E-state index contributed by atoms with van der Waals surface area (Å²) in [5.41, 5.74) is 2.85. The summed E-state index contributed by atoms with van der Waals surface area (Å²) in [5.74, 6) is 1.61. The van der Waals surface area contributed by atoms with Gasteiger partial charge in [-0.2, -0.15) is 13.2 Å². The van der Waals surface area contributed by atoms with E-state index in [1.165, 1.54) is 12.1 Å². The van der Waals surface area contributed by atoms with Gasteiger partial charge in [-0.05, 0) is 38.0 Å². The molecule has 1 aromatic heterocycles. The van der Waals surface area contributed by atoms with E-state index in [1.807, 2.05) is 13.8 Å². The lowest BCUT2D eigenvalue weighted by molar-refractivity contribution is -0.153. The zero-order valence-electron chi connectivity index (χ0n) is 15.5. The van der Waals surface area contributed by atoms with Gasteiger partial charge in [0.25, 0.3) is 0 Å². The third kappa shape index (κ3) is 6.84. The van der Waals surface area contributed by atoms with Crippen molar-refractivity contribution in [3.05, 3.63) is 46.8 Å². The molecule has 0 spiro atoms. The van der Waals surface area contributed by atoms with Crippen LogP contribution in [0.5, 0.6) is 5.75 Å². The average molecular weight is 384 g/mol. The minimum Gasteiger partial charge on any atom is -0.484 e. The third-order valence-corrected chi connectivity index (χ3v) is 3.86. The van der Waals surface area contributed by atoms with Crippen LogP contribution in [-0.2, 0) is 13.0 Å². The lowest BCUT2D eigenvalue weighted by atomic mass is 10.1. The van der Waals surface area contributed by atoms with Crippen molar-refractivity contribution >= 4 is 5.96 Å². The summed E-state index contributed by atoms with van der Waals surface area (Å²) >= 11 is 0. The number of guanidine groups is 1. The highest BCUT2D eigenvalue weighted by Gasteiger charge is 2.28. The zero-order valence-corrected chi connectivity index (χ0v) is 15.5. The minimum absolute atomic E-state index is 0.179. The molecule has 1 heterocycles. The SMILES string of the molecule is CN=C(NCCc1c(C)noc1C)NCc1ccc(OCC(F)(F)F)cc1. The second kappa shape index (κ2) is 9.29. The van der Waals surface area contributed by atoms with E-state index in [0.717, 1.165) is 29.0 Å². The first kappa shape index (κ1) is 20.6. The van der Waals surface area contributed by atoms with E-state index in [4.69, 9.17) is 4.52 Å². The molecule has 1 aromatic carbocycles. The Morgan fingerprint density at radius 3 is 2.44 bits per heavy atom. The Bertz CT molecular complexity index is 735. The summed E-state index contributed by atoms with van der Waals surface area (Å²) in [6, 6.07) is 6.43. The van der Waals surface area contributed by atoms with Crippen molar-refractivity contribution in [1.82, 2.24) is 15.8 Å². The molecule has 0 aliphatic rings. The van der Waals surface area contributed by atoms with Gasteiger partial charge < -0.3 is 19.9 Å². The monoisotopic (exact) mass is 384 g/mol. The summed E-state index contributed by atoms with van der Waals surface area (Å²) < 4.78 is 46.2. The number of alkyl halides is 3. The first-order valence-electron chi connectivity index (χ1n) is 8.43. The average Bonchev–Trinajstić information content (AvgIpc) is 2.95. The molecule has 9 heteroatoms. The van der Waals surface area contributed by atoms with E-state index in [9.17, 15) is 13.2 Å². The number of hydrogen-bond acceptors (Lipinski definition) is 4. The highest BCUT2D eigenvalue weighted by molar-refractivity contribution is 5.79. The number of nitrogens with one attached hydrogen (secondary N) is 2. The summed E-state index contributed by atoms with van der Waals surface area (Å²) in [4.78, 5) is 4.15. The molecule has 0 saturated heterocycles. The molecule has 2 aromatic rings. The maximum atomic E-state index is 12.1. The molecule has 148 valence electrons. The maximum Gasteiger partial charge on any atom is 0.422 e. The summed E-state index contributed by atoms with van der Waals surface area (Å²) in [6.45, 7) is 3.62. The van der Waals surface area contributed by atoms with Crippen LogP contribution in [0.2, 0.25) is 0 Å². The van der Waals surface area contributed by atoms with Crippen molar-refractivity contribution in [2.75, 3.05) is 20.2 Å². The van der Waals surface area contributed by atoms with Crippen LogP contribution in [0.1, 0.15) is 22.6 Å². The molecule has 0 bridgehead atoms. The Hall–Kier alpha value is -2.71. The van der Waals surface area contributed by atoms with E-state index in [0.29, 0.717) is 19.0 Å². The van der Waals surface area contributed by atoms with Crippen LogP contribution in [0.3, 0.4) is 0 Å². The lowest BCUT2D eigenvalue weighted by Crippen LogP contribution is -2.37. The number of benzene rings is 1. The Labute approximate surface area is 155 Å². The maximum absolute atomic E-state index is 12.1.